The van der Waals surface area contributed by atoms with Gasteiger partial charge in [0.1, 0.15) is 11.4 Å². The first-order valence-electron chi connectivity index (χ1n) is 8.74. The number of carbonyl (C=O) groups excluding carboxylic acids is 2. The summed E-state index contributed by atoms with van der Waals surface area (Å²) in [6, 6.07) is 5.37. The molecule has 0 heterocycles. The summed E-state index contributed by atoms with van der Waals surface area (Å²) >= 11 is 0. The van der Waals surface area contributed by atoms with Gasteiger partial charge in [-0.3, -0.25) is 4.79 Å². The highest BCUT2D eigenvalue weighted by molar-refractivity contribution is 6.01. The Morgan fingerprint density at radius 2 is 1.52 bits per heavy atom. The second kappa shape index (κ2) is 8.41. The lowest BCUT2D eigenvalue weighted by molar-refractivity contribution is -0.150. The van der Waals surface area contributed by atoms with E-state index in [0.29, 0.717) is 11.3 Å². The Kier molecular flexibility index (Phi) is 7.00. The highest BCUT2D eigenvalue weighted by atomic mass is 16.6. The second-order valence-corrected chi connectivity index (χ2v) is 8.46. The molecule has 0 aliphatic rings. The number of carboxylic acid groups (broad SMARTS) is 1. The molecule has 0 aromatic heterocycles. The van der Waals surface area contributed by atoms with E-state index >= 15 is 0 Å². The average molecular weight is 379 g/mol. The summed E-state index contributed by atoms with van der Waals surface area (Å²) in [5.74, 6) is -1.00. The lowest BCUT2D eigenvalue weighted by Gasteiger charge is -2.27. The first-order chi connectivity index (χ1) is 12.2. The molecule has 0 saturated heterocycles. The molecule has 0 bridgehead atoms. The maximum Gasteiger partial charge on any atom is 0.408 e. The van der Waals surface area contributed by atoms with Crippen LogP contribution >= 0.6 is 0 Å². The molecule has 2 N–H and O–H groups in total. The van der Waals surface area contributed by atoms with Gasteiger partial charge in [0.25, 0.3) is 0 Å². The molecule has 1 aromatic rings. The number of rotatable bonds is 6. The van der Waals surface area contributed by atoms with Gasteiger partial charge in [-0.15, -0.1) is 0 Å². The minimum atomic E-state index is -1.06. The molecule has 0 aliphatic carbocycles. The van der Waals surface area contributed by atoms with E-state index in [1.807, 2.05) is 0 Å². The highest BCUT2D eigenvalue weighted by Crippen LogP contribution is 2.25. The zero-order chi connectivity index (χ0) is 21.0. The molecule has 0 spiro atoms. The van der Waals surface area contributed by atoms with Gasteiger partial charge in [0.05, 0.1) is 6.04 Å². The fourth-order valence-corrected chi connectivity index (χ4v) is 2.23. The molecule has 150 valence electrons. The molecule has 1 amide bonds. The minimum Gasteiger partial charge on any atom is -0.478 e. The van der Waals surface area contributed by atoms with E-state index in [1.165, 1.54) is 24.3 Å². The number of hydrogen-bond acceptors (Lipinski definition) is 5. The monoisotopic (exact) mass is 379 g/mol. The largest absolute Gasteiger partial charge is 0.478 e. The van der Waals surface area contributed by atoms with Crippen LogP contribution in [0.5, 0.6) is 5.75 Å². The zero-order valence-corrected chi connectivity index (χ0v) is 17.0. The molecule has 0 saturated carbocycles. The number of alkyl carbamates (subject to hydrolysis) is 1. The molecular weight excluding hydrogens is 350 g/mol. The Balaban J connectivity index is 2.79. The van der Waals surface area contributed by atoms with Crippen molar-refractivity contribution in [3.8, 4) is 5.75 Å². The quantitative estimate of drug-likeness (QED) is 0.731. The Bertz CT molecular complexity index is 682. The summed E-state index contributed by atoms with van der Waals surface area (Å²) in [6.07, 6.45) is -1.69. The van der Waals surface area contributed by atoms with Gasteiger partial charge < -0.3 is 19.9 Å². The third-order valence-corrected chi connectivity index (χ3v) is 3.53. The average Bonchev–Trinajstić information content (AvgIpc) is 2.49. The molecule has 0 radical (unpaired) electrons. The van der Waals surface area contributed by atoms with E-state index < -0.39 is 35.2 Å². The van der Waals surface area contributed by atoms with Crippen molar-refractivity contribution in [2.45, 2.75) is 66.2 Å². The van der Waals surface area contributed by atoms with Crippen LogP contribution in [0.3, 0.4) is 0 Å². The van der Waals surface area contributed by atoms with Crippen molar-refractivity contribution in [2.24, 2.45) is 5.41 Å². The number of benzene rings is 1. The van der Waals surface area contributed by atoms with Crippen LogP contribution < -0.4 is 10.1 Å². The van der Waals surface area contributed by atoms with Gasteiger partial charge in [-0.05, 0) is 52.0 Å². The van der Waals surface area contributed by atoms with Gasteiger partial charge in [0.2, 0.25) is 0 Å². The third kappa shape index (κ3) is 7.29. The molecule has 2 atom stereocenters. The Labute approximate surface area is 160 Å². The number of amides is 1. The summed E-state index contributed by atoms with van der Waals surface area (Å²) in [5, 5.41) is 11.8. The maximum atomic E-state index is 12.4. The van der Waals surface area contributed by atoms with E-state index in [1.54, 1.807) is 48.5 Å². The molecule has 27 heavy (non-hydrogen) atoms. The molecule has 0 aliphatic heterocycles. The number of nitrogens with one attached hydrogen (secondary N) is 1. The van der Waals surface area contributed by atoms with Gasteiger partial charge in [-0.25, -0.2) is 9.59 Å². The maximum absolute atomic E-state index is 12.4. The van der Waals surface area contributed by atoms with Crippen molar-refractivity contribution < 1.29 is 29.0 Å². The van der Waals surface area contributed by atoms with E-state index in [9.17, 15) is 19.5 Å². The Morgan fingerprint density at radius 1 is 1.00 bits per heavy atom. The number of carbonyl (C=O) groups is 3. The normalized spacial score (nSPS) is 14.0. The van der Waals surface area contributed by atoms with E-state index in [2.05, 4.69) is 5.32 Å². The SMILES string of the molecule is CC(NC(=O)OC(C)(C)C)C(=O)c1ccc(O[C@H](C(=O)O)C(C)(C)C)cc1. The van der Waals surface area contributed by atoms with E-state index in [-0.39, 0.29) is 5.78 Å². The summed E-state index contributed by atoms with van der Waals surface area (Å²) in [7, 11) is 0. The van der Waals surface area contributed by atoms with Gasteiger partial charge >= 0.3 is 12.1 Å². The van der Waals surface area contributed by atoms with Crippen LogP contribution in [0.4, 0.5) is 4.79 Å². The Hall–Kier alpha value is -2.57. The number of hydrogen-bond donors (Lipinski definition) is 2. The molecule has 1 unspecified atom stereocenters. The smallest absolute Gasteiger partial charge is 0.408 e. The van der Waals surface area contributed by atoms with Crippen molar-refractivity contribution in [1.82, 2.24) is 5.32 Å². The first kappa shape index (κ1) is 22.5. The molecule has 1 aromatic carbocycles. The summed E-state index contributed by atoms with van der Waals surface area (Å²) in [5.41, 5.74) is -0.875. The predicted octanol–water partition coefficient (Wildman–Crippen LogP) is 3.66. The molecule has 0 fully saturated rings. The third-order valence-electron chi connectivity index (χ3n) is 3.53. The number of aliphatic carboxylic acids is 1. The molecule has 1 rings (SSSR count). The number of ether oxygens (including phenoxy) is 2. The second-order valence-electron chi connectivity index (χ2n) is 8.46. The molecule has 7 nitrogen and oxygen atoms in total. The molecule has 7 heteroatoms. The predicted molar refractivity (Wildman–Crippen MR) is 101 cm³/mol. The summed E-state index contributed by atoms with van der Waals surface area (Å²) < 4.78 is 10.7. The van der Waals surface area contributed by atoms with Crippen LogP contribution in [-0.4, -0.2) is 40.7 Å². The van der Waals surface area contributed by atoms with Crippen LogP contribution in [0.1, 0.15) is 58.8 Å². The topological polar surface area (TPSA) is 102 Å². The van der Waals surface area contributed by atoms with E-state index in [0.717, 1.165) is 0 Å². The summed E-state index contributed by atoms with van der Waals surface area (Å²) in [4.78, 5) is 35.6. The first-order valence-corrected chi connectivity index (χ1v) is 8.74. The fourth-order valence-electron chi connectivity index (χ4n) is 2.23. The van der Waals surface area contributed by atoms with Crippen LogP contribution in [0, 0.1) is 5.41 Å². The van der Waals surface area contributed by atoms with Gasteiger partial charge in [0, 0.05) is 11.0 Å². The molecular formula is C20H29NO6. The standard InChI is InChI=1S/C20H29NO6/c1-12(21-18(25)27-20(5,6)7)15(22)13-8-10-14(11-9-13)26-16(17(23)24)19(2,3)4/h8-12,16H,1-7H3,(H,21,25)(H,23,24)/t12?,16-/m1/s1. The van der Waals surface area contributed by atoms with Crippen LogP contribution in [0.15, 0.2) is 24.3 Å². The lowest BCUT2D eigenvalue weighted by Crippen LogP contribution is -2.41. The van der Waals surface area contributed by atoms with Crippen molar-refractivity contribution in [1.29, 1.82) is 0 Å². The summed E-state index contributed by atoms with van der Waals surface area (Å²) in [6.45, 7) is 12.1. The van der Waals surface area contributed by atoms with Crippen molar-refractivity contribution in [3.05, 3.63) is 29.8 Å². The zero-order valence-electron chi connectivity index (χ0n) is 17.0. The minimum absolute atomic E-state index is 0.294. The number of ketones is 1. The van der Waals surface area contributed by atoms with Gasteiger partial charge in [0.15, 0.2) is 11.9 Å². The van der Waals surface area contributed by atoms with E-state index in [4.69, 9.17) is 9.47 Å². The van der Waals surface area contributed by atoms with Crippen LogP contribution in [0.25, 0.3) is 0 Å². The van der Waals surface area contributed by atoms with Gasteiger partial charge in [-0.2, -0.15) is 0 Å². The number of carboxylic acids is 1. The lowest BCUT2D eigenvalue weighted by atomic mass is 9.89. The van der Waals surface area contributed by atoms with Crippen molar-refractivity contribution in [3.63, 3.8) is 0 Å². The van der Waals surface area contributed by atoms with Crippen molar-refractivity contribution in [2.75, 3.05) is 0 Å². The van der Waals surface area contributed by atoms with Crippen molar-refractivity contribution >= 4 is 17.8 Å². The highest BCUT2D eigenvalue weighted by Gasteiger charge is 2.33. The van der Waals surface area contributed by atoms with Crippen LogP contribution in [-0.2, 0) is 9.53 Å². The Morgan fingerprint density at radius 3 is 1.93 bits per heavy atom. The van der Waals surface area contributed by atoms with Crippen LogP contribution in [0.2, 0.25) is 0 Å². The fraction of sp³-hybridized carbons (Fsp3) is 0.550. The number of Topliss-reactive ketones (excluding diaryl/α,β-unsaturated/α-hetero) is 1. The van der Waals surface area contributed by atoms with Gasteiger partial charge in [-0.1, -0.05) is 20.8 Å².